The van der Waals surface area contributed by atoms with Crippen LogP contribution in [0.2, 0.25) is 0 Å². The maximum atomic E-state index is 13.6. The van der Waals surface area contributed by atoms with Crippen molar-refractivity contribution < 1.29 is 17.9 Å². The maximum Gasteiger partial charge on any atom is 0.258 e. The van der Waals surface area contributed by atoms with Crippen molar-refractivity contribution in [3.05, 3.63) is 46.2 Å². The van der Waals surface area contributed by atoms with Gasteiger partial charge in [-0.05, 0) is 25.1 Å². The summed E-state index contributed by atoms with van der Waals surface area (Å²) in [5, 5.41) is 2.62. The lowest BCUT2D eigenvalue weighted by molar-refractivity contribution is 0.395. The summed E-state index contributed by atoms with van der Waals surface area (Å²) >= 11 is 3.15. The van der Waals surface area contributed by atoms with Crippen LogP contribution in [0.5, 0.6) is 11.6 Å². The summed E-state index contributed by atoms with van der Waals surface area (Å²) in [6, 6.07) is 4.59. The SMILES string of the molecule is CCNc1nc(Oc2cc(Br)ccc2F)c(F)cc1F. The Morgan fingerprint density at radius 3 is 2.60 bits per heavy atom. The summed E-state index contributed by atoms with van der Waals surface area (Å²) < 4.78 is 46.1. The molecule has 0 aliphatic rings. The van der Waals surface area contributed by atoms with Crippen molar-refractivity contribution in [2.75, 3.05) is 11.9 Å². The van der Waals surface area contributed by atoms with Crippen LogP contribution < -0.4 is 10.1 Å². The zero-order chi connectivity index (χ0) is 14.7. The van der Waals surface area contributed by atoms with Gasteiger partial charge in [-0.1, -0.05) is 15.9 Å². The number of halogens is 4. The van der Waals surface area contributed by atoms with Crippen molar-refractivity contribution in [1.82, 2.24) is 4.98 Å². The minimum Gasteiger partial charge on any atom is -0.433 e. The standard InChI is InChI=1S/C13H10BrF3N2O/c1-2-18-12-9(16)6-10(17)13(19-12)20-11-5-7(14)3-4-8(11)15/h3-6H,2H2,1H3,(H,18,19). The number of hydrogen-bond acceptors (Lipinski definition) is 3. The van der Waals surface area contributed by atoms with Crippen molar-refractivity contribution in [2.24, 2.45) is 0 Å². The van der Waals surface area contributed by atoms with Crippen molar-refractivity contribution in [3.63, 3.8) is 0 Å². The smallest absolute Gasteiger partial charge is 0.258 e. The Hall–Kier alpha value is -1.76. The molecule has 20 heavy (non-hydrogen) atoms. The van der Waals surface area contributed by atoms with Gasteiger partial charge in [-0.2, -0.15) is 4.98 Å². The number of nitrogens with one attached hydrogen (secondary N) is 1. The van der Waals surface area contributed by atoms with Crippen molar-refractivity contribution in [3.8, 4) is 11.6 Å². The van der Waals surface area contributed by atoms with E-state index in [2.05, 4.69) is 26.2 Å². The summed E-state index contributed by atoms with van der Waals surface area (Å²) in [7, 11) is 0. The molecule has 106 valence electrons. The van der Waals surface area contributed by atoms with Gasteiger partial charge in [0.2, 0.25) is 0 Å². The lowest BCUT2D eigenvalue weighted by Gasteiger charge is -2.10. The molecule has 0 saturated carbocycles. The Kier molecular flexibility index (Phi) is 4.49. The summed E-state index contributed by atoms with van der Waals surface area (Å²) in [6.45, 7) is 2.14. The van der Waals surface area contributed by atoms with Gasteiger partial charge < -0.3 is 10.1 Å². The highest BCUT2D eigenvalue weighted by Crippen LogP contribution is 2.29. The number of nitrogens with zero attached hydrogens (tertiary/aromatic N) is 1. The van der Waals surface area contributed by atoms with Gasteiger partial charge in [-0.3, -0.25) is 0 Å². The Labute approximate surface area is 121 Å². The molecule has 7 heteroatoms. The second-order valence-electron chi connectivity index (χ2n) is 3.81. The lowest BCUT2D eigenvalue weighted by atomic mass is 10.3. The molecule has 2 rings (SSSR count). The van der Waals surface area contributed by atoms with Crippen LogP contribution in [0, 0.1) is 17.5 Å². The molecule has 0 radical (unpaired) electrons. The topological polar surface area (TPSA) is 34.2 Å². The monoisotopic (exact) mass is 346 g/mol. The molecule has 0 spiro atoms. The highest BCUT2D eigenvalue weighted by atomic mass is 79.9. The number of benzene rings is 1. The lowest BCUT2D eigenvalue weighted by Crippen LogP contribution is -2.05. The first-order valence-electron chi connectivity index (χ1n) is 5.74. The van der Waals surface area contributed by atoms with Crippen LogP contribution >= 0.6 is 15.9 Å². The van der Waals surface area contributed by atoms with Crippen molar-refractivity contribution >= 4 is 21.7 Å². The van der Waals surface area contributed by atoms with Crippen molar-refractivity contribution in [1.29, 1.82) is 0 Å². The maximum absolute atomic E-state index is 13.6. The van der Waals surface area contributed by atoms with Crippen LogP contribution in [-0.2, 0) is 0 Å². The third kappa shape index (κ3) is 3.22. The van der Waals surface area contributed by atoms with Gasteiger partial charge in [0.05, 0.1) is 0 Å². The predicted octanol–water partition coefficient (Wildman–Crippen LogP) is 4.49. The Morgan fingerprint density at radius 1 is 1.15 bits per heavy atom. The van der Waals surface area contributed by atoms with E-state index in [9.17, 15) is 13.2 Å². The second kappa shape index (κ2) is 6.13. The molecule has 0 bridgehead atoms. The molecule has 1 aromatic carbocycles. The summed E-state index contributed by atoms with van der Waals surface area (Å²) in [4.78, 5) is 3.66. The van der Waals surface area contributed by atoms with E-state index in [1.165, 1.54) is 12.1 Å². The van der Waals surface area contributed by atoms with Gasteiger partial charge >= 0.3 is 0 Å². The molecular formula is C13H10BrF3N2O. The first-order valence-corrected chi connectivity index (χ1v) is 6.53. The Balaban J connectivity index is 2.37. The van der Waals surface area contributed by atoms with Crippen LogP contribution in [-0.4, -0.2) is 11.5 Å². The van der Waals surface area contributed by atoms with Gasteiger partial charge in [0.15, 0.2) is 29.0 Å². The van der Waals surface area contributed by atoms with E-state index in [1.807, 2.05) is 0 Å². The summed E-state index contributed by atoms with van der Waals surface area (Å²) in [6.07, 6.45) is 0. The van der Waals surface area contributed by atoms with Gasteiger partial charge in [-0.15, -0.1) is 0 Å². The quantitative estimate of drug-likeness (QED) is 0.885. The highest BCUT2D eigenvalue weighted by molar-refractivity contribution is 9.10. The molecule has 3 nitrogen and oxygen atoms in total. The summed E-state index contributed by atoms with van der Waals surface area (Å²) in [5.41, 5.74) is 0. The van der Waals surface area contributed by atoms with Crippen LogP contribution in [0.4, 0.5) is 19.0 Å². The van der Waals surface area contributed by atoms with E-state index in [4.69, 9.17) is 4.74 Å². The number of anilines is 1. The third-order valence-corrected chi connectivity index (χ3v) is 2.83. The molecule has 0 aliphatic carbocycles. The number of hydrogen-bond donors (Lipinski definition) is 1. The largest absolute Gasteiger partial charge is 0.433 e. The van der Waals surface area contributed by atoms with E-state index in [0.29, 0.717) is 17.1 Å². The zero-order valence-electron chi connectivity index (χ0n) is 10.4. The van der Waals surface area contributed by atoms with E-state index in [-0.39, 0.29) is 11.6 Å². The number of pyridine rings is 1. The number of aromatic nitrogens is 1. The molecule has 1 aromatic heterocycles. The van der Waals surface area contributed by atoms with Gasteiger partial charge in [0, 0.05) is 17.1 Å². The molecule has 0 aliphatic heterocycles. The molecule has 0 atom stereocenters. The highest BCUT2D eigenvalue weighted by Gasteiger charge is 2.15. The Morgan fingerprint density at radius 2 is 1.90 bits per heavy atom. The molecule has 1 N–H and O–H groups in total. The first-order chi connectivity index (χ1) is 9.51. The average Bonchev–Trinajstić information content (AvgIpc) is 2.39. The molecule has 0 amide bonds. The van der Waals surface area contributed by atoms with Crippen LogP contribution in [0.15, 0.2) is 28.7 Å². The normalized spacial score (nSPS) is 10.4. The predicted molar refractivity (Wildman–Crippen MR) is 72.5 cm³/mol. The fraction of sp³-hybridized carbons (Fsp3) is 0.154. The third-order valence-electron chi connectivity index (χ3n) is 2.34. The van der Waals surface area contributed by atoms with E-state index < -0.39 is 23.3 Å². The van der Waals surface area contributed by atoms with Crippen LogP contribution in [0.3, 0.4) is 0 Å². The van der Waals surface area contributed by atoms with Crippen molar-refractivity contribution in [2.45, 2.75) is 6.92 Å². The minimum atomic E-state index is -1.01. The van der Waals surface area contributed by atoms with Gasteiger partial charge in [0.25, 0.3) is 5.88 Å². The second-order valence-corrected chi connectivity index (χ2v) is 4.73. The van der Waals surface area contributed by atoms with E-state index >= 15 is 0 Å². The molecule has 0 unspecified atom stereocenters. The van der Waals surface area contributed by atoms with Crippen LogP contribution in [0.1, 0.15) is 6.92 Å². The van der Waals surface area contributed by atoms with E-state index in [0.717, 1.165) is 6.07 Å². The minimum absolute atomic E-state index is 0.153. The van der Waals surface area contributed by atoms with Gasteiger partial charge in [0.1, 0.15) is 0 Å². The average molecular weight is 347 g/mol. The van der Waals surface area contributed by atoms with Gasteiger partial charge in [-0.25, -0.2) is 13.2 Å². The molecule has 1 heterocycles. The number of ether oxygens (including phenoxy) is 1. The summed E-state index contributed by atoms with van der Waals surface area (Å²) in [5.74, 6) is -3.39. The number of rotatable bonds is 4. The first kappa shape index (κ1) is 14.6. The van der Waals surface area contributed by atoms with E-state index in [1.54, 1.807) is 6.92 Å². The molecular weight excluding hydrogens is 337 g/mol. The fourth-order valence-corrected chi connectivity index (χ4v) is 1.81. The molecule has 0 fully saturated rings. The Bertz CT molecular complexity index is 637. The molecule has 0 saturated heterocycles. The fourth-order valence-electron chi connectivity index (χ4n) is 1.47. The van der Waals surface area contributed by atoms with Crippen LogP contribution in [0.25, 0.3) is 0 Å². The zero-order valence-corrected chi connectivity index (χ0v) is 12.0. The molecule has 2 aromatic rings.